The van der Waals surface area contributed by atoms with Crippen molar-refractivity contribution < 1.29 is 0 Å². The summed E-state index contributed by atoms with van der Waals surface area (Å²) in [6.07, 6.45) is 2.68. The molecular weight excluding hydrogens is 244 g/mol. The first-order valence-corrected chi connectivity index (χ1v) is 7.20. The van der Waals surface area contributed by atoms with E-state index in [2.05, 4.69) is 36.3 Å². The van der Waals surface area contributed by atoms with Gasteiger partial charge in [-0.15, -0.1) is 0 Å². The molecular formula is C15H23ClN2. The molecule has 2 rings (SSSR count). The first-order valence-electron chi connectivity index (χ1n) is 6.82. The van der Waals surface area contributed by atoms with E-state index in [1.165, 1.54) is 31.5 Å². The van der Waals surface area contributed by atoms with Crippen LogP contribution < -0.4 is 5.32 Å². The fraction of sp³-hybridized carbons (Fsp3) is 0.600. The second-order valence-corrected chi connectivity index (χ2v) is 5.89. The number of piperidine rings is 1. The molecule has 1 aromatic carbocycles. The monoisotopic (exact) mass is 266 g/mol. The highest BCUT2D eigenvalue weighted by molar-refractivity contribution is 6.30. The van der Waals surface area contributed by atoms with Gasteiger partial charge in [-0.05, 0) is 63.5 Å². The highest BCUT2D eigenvalue weighted by Crippen LogP contribution is 2.18. The lowest BCUT2D eigenvalue weighted by molar-refractivity contribution is 0.203. The zero-order valence-electron chi connectivity index (χ0n) is 11.3. The van der Waals surface area contributed by atoms with Gasteiger partial charge < -0.3 is 10.2 Å². The van der Waals surface area contributed by atoms with Gasteiger partial charge in [0.1, 0.15) is 0 Å². The highest BCUT2D eigenvalue weighted by Gasteiger charge is 2.17. The minimum absolute atomic E-state index is 0.398. The van der Waals surface area contributed by atoms with Gasteiger partial charge in [0.05, 0.1) is 0 Å². The van der Waals surface area contributed by atoms with Crippen molar-refractivity contribution in [1.82, 2.24) is 10.2 Å². The minimum Gasteiger partial charge on any atom is -0.310 e. The van der Waals surface area contributed by atoms with Crippen molar-refractivity contribution in [2.45, 2.75) is 25.8 Å². The Kier molecular flexibility index (Phi) is 5.04. The second kappa shape index (κ2) is 6.55. The molecule has 1 aromatic rings. The van der Waals surface area contributed by atoms with Crippen molar-refractivity contribution in [3.63, 3.8) is 0 Å². The van der Waals surface area contributed by atoms with Crippen LogP contribution in [0.5, 0.6) is 0 Å². The lowest BCUT2D eigenvalue weighted by Crippen LogP contribution is -2.37. The van der Waals surface area contributed by atoms with Gasteiger partial charge in [-0.1, -0.05) is 23.7 Å². The molecule has 0 aliphatic carbocycles. The molecule has 1 fully saturated rings. The normalized spacial score (nSPS) is 22.9. The van der Waals surface area contributed by atoms with E-state index in [9.17, 15) is 0 Å². The first-order chi connectivity index (χ1) is 8.65. The van der Waals surface area contributed by atoms with E-state index in [1.54, 1.807) is 0 Å². The first kappa shape index (κ1) is 13.9. The maximum absolute atomic E-state index is 5.91. The lowest BCUT2D eigenvalue weighted by Gasteiger charge is -2.30. The quantitative estimate of drug-likeness (QED) is 0.899. The number of benzene rings is 1. The SMILES string of the molecule is C[C@@H](NCC1CCCN(C)C1)c1ccc(Cl)cc1. The maximum atomic E-state index is 5.91. The molecule has 0 amide bonds. The Bertz CT molecular complexity index is 363. The van der Waals surface area contributed by atoms with Gasteiger partial charge >= 0.3 is 0 Å². The van der Waals surface area contributed by atoms with Crippen molar-refractivity contribution in [3.05, 3.63) is 34.9 Å². The summed E-state index contributed by atoms with van der Waals surface area (Å²) in [4.78, 5) is 2.43. The third kappa shape index (κ3) is 3.98. The average Bonchev–Trinajstić information content (AvgIpc) is 2.37. The molecule has 2 atom stereocenters. The number of hydrogen-bond acceptors (Lipinski definition) is 2. The Hall–Kier alpha value is -0.570. The molecule has 1 aliphatic rings. The molecule has 3 heteroatoms. The van der Waals surface area contributed by atoms with Crippen LogP contribution in [0.3, 0.4) is 0 Å². The van der Waals surface area contributed by atoms with E-state index in [0.29, 0.717) is 6.04 Å². The summed E-state index contributed by atoms with van der Waals surface area (Å²) >= 11 is 5.91. The molecule has 1 aliphatic heterocycles. The van der Waals surface area contributed by atoms with Crippen LogP contribution in [0, 0.1) is 5.92 Å². The summed E-state index contributed by atoms with van der Waals surface area (Å²) in [5.41, 5.74) is 1.31. The molecule has 18 heavy (non-hydrogen) atoms. The predicted molar refractivity (Wildman–Crippen MR) is 78.1 cm³/mol. The molecule has 0 radical (unpaired) electrons. The third-order valence-corrected chi connectivity index (χ3v) is 4.06. The van der Waals surface area contributed by atoms with Gasteiger partial charge in [0, 0.05) is 17.6 Å². The van der Waals surface area contributed by atoms with E-state index in [4.69, 9.17) is 11.6 Å². The summed E-state index contributed by atoms with van der Waals surface area (Å²) in [7, 11) is 2.22. The Labute approximate surface area is 115 Å². The molecule has 1 saturated heterocycles. The van der Waals surface area contributed by atoms with E-state index >= 15 is 0 Å². The Morgan fingerprint density at radius 1 is 1.39 bits per heavy atom. The van der Waals surface area contributed by atoms with Crippen LogP contribution >= 0.6 is 11.6 Å². The lowest BCUT2D eigenvalue weighted by atomic mass is 9.98. The van der Waals surface area contributed by atoms with Crippen molar-refractivity contribution in [3.8, 4) is 0 Å². The largest absolute Gasteiger partial charge is 0.310 e. The average molecular weight is 267 g/mol. The predicted octanol–water partition coefficient (Wildman–Crippen LogP) is 3.33. The van der Waals surface area contributed by atoms with Crippen molar-refractivity contribution in [2.75, 3.05) is 26.7 Å². The minimum atomic E-state index is 0.398. The number of nitrogens with zero attached hydrogens (tertiary/aromatic N) is 1. The van der Waals surface area contributed by atoms with Crippen LogP contribution in [0.2, 0.25) is 5.02 Å². The number of halogens is 1. The molecule has 2 nitrogen and oxygen atoms in total. The number of rotatable bonds is 4. The van der Waals surface area contributed by atoms with E-state index in [0.717, 1.165) is 17.5 Å². The number of hydrogen-bond donors (Lipinski definition) is 1. The number of likely N-dealkylation sites (tertiary alicyclic amines) is 1. The summed E-state index contributed by atoms with van der Waals surface area (Å²) in [5, 5.41) is 4.44. The maximum Gasteiger partial charge on any atom is 0.0406 e. The van der Waals surface area contributed by atoms with E-state index < -0.39 is 0 Å². The van der Waals surface area contributed by atoms with Gasteiger partial charge in [-0.25, -0.2) is 0 Å². The number of nitrogens with one attached hydrogen (secondary N) is 1. The van der Waals surface area contributed by atoms with Crippen LogP contribution in [0.4, 0.5) is 0 Å². The Morgan fingerprint density at radius 3 is 2.78 bits per heavy atom. The Balaban J connectivity index is 1.80. The smallest absolute Gasteiger partial charge is 0.0406 e. The topological polar surface area (TPSA) is 15.3 Å². The van der Waals surface area contributed by atoms with Crippen LogP contribution in [0.15, 0.2) is 24.3 Å². The molecule has 100 valence electrons. The fourth-order valence-electron chi connectivity index (χ4n) is 2.65. The van der Waals surface area contributed by atoms with Crippen molar-refractivity contribution in [2.24, 2.45) is 5.92 Å². The fourth-order valence-corrected chi connectivity index (χ4v) is 2.78. The van der Waals surface area contributed by atoms with E-state index in [1.807, 2.05) is 12.1 Å². The van der Waals surface area contributed by atoms with Crippen LogP contribution in [0.1, 0.15) is 31.4 Å². The van der Waals surface area contributed by atoms with Gasteiger partial charge in [0.15, 0.2) is 0 Å². The molecule has 0 saturated carbocycles. The summed E-state index contributed by atoms with van der Waals surface area (Å²) in [6.45, 7) is 5.80. The zero-order chi connectivity index (χ0) is 13.0. The Morgan fingerprint density at radius 2 is 2.11 bits per heavy atom. The van der Waals surface area contributed by atoms with Gasteiger partial charge in [0.2, 0.25) is 0 Å². The van der Waals surface area contributed by atoms with Crippen molar-refractivity contribution in [1.29, 1.82) is 0 Å². The molecule has 1 N–H and O–H groups in total. The summed E-state index contributed by atoms with van der Waals surface area (Å²) in [5.74, 6) is 0.790. The van der Waals surface area contributed by atoms with Crippen molar-refractivity contribution >= 4 is 11.6 Å². The summed E-state index contributed by atoms with van der Waals surface area (Å²) < 4.78 is 0. The second-order valence-electron chi connectivity index (χ2n) is 5.45. The highest BCUT2D eigenvalue weighted by atomic mass is 35.5. The van der Waals surface area contributed by atoms with Crippen LogP contribution in [-0.4, -0.2) is 31.6 Å². The van der Waals surface area contributed by atoms with Gasteiger partial charge in [0.25, 0.3) is 0 Å². The third-order valence-electron chi connectivity index (χ3n) is 3.80. The standard InChI is InChI=1S/C15H23ClN2/c1-12(14-5-7-15(16)8-6-14)17-10-13-4-3-9-18(2)11-13/h5-8,12-13,17H,3-4,9-11H2,1-2H3/t12-,13?/m1/s1. The molecule has 0 aromatic heterocycles. The van der Waals surface area contributed by atoms with E-state index in [-0.39, 0.29) is 0 Å². The van der Waals surface area contributed by atoms with Gasteiger partial charge in [-0.2, -0.15) is 0 Å². The van der Waals surface area contributed by atoms with Gasteiger partial charge in [-0.3, -0.25) is 0 Å². The van der Waals surface area contributed by atoms with Crippen LogP contribution in [0.25, 0.3) is 0 Å². The molecule has 0 spiro atoms. The molecule has 1 unspecified atom stereocenters. The molecule has 0 bridgehead atoms. The summed E-state index contributed by atoms with van der Waals surface area (Å²) in [6, 6.07) is 8.53. The van der Waals surface area contributed by atoms with Crippen LogP contribution in [-0.2, 0) is 0 Å². The molecule has 1 heterocycles. The zero-order valence-corrected chi connectivity index (χ0v) is 12.1.